The molecule has 17 heavy (non-hydrogen) atoms. The van der Waals surface area contributed by atoms with Gasteiger partial charge in [0.1, 0.15) is 0 Å². The summed E-state index contributed by atoms with van der Waals surface area (Å²) in [5.74, 6) is 0. The lowest BCUT2D eigenvalue weighted by molar-refractivity contribution is 0.412. The first-order chi connectivity index (χ1) is 7.83. The Balaban J connectivity index is 2.79. The number of nitrogens with one attached hydrogen (secondary N) is 1. The van der Waals surface area contributed by atoms with E-state index in [2.05, 4.69) is 4.72 Å². The highest BCUT2D eigenvalue weighted by Gasteiger charge is 2.14. The first kappa shape index (κ1) is 14.4. The van der Waals surface area contributed by atoms with E-state index in [0.717, 1.165) is 5.56 Å². The first-order valence-electron chi connectivity index (χ1n) is 5.23. The van der Waals surface area contributed by atoms with Crippen molar-refractivity contribution in [2.45, 2.75) is 11.8 Å². The van der Waals surface area contributed by atoms with Crippen molar-refractivity contribution < 1.29 is 8.42 Å². The number of hydrogen-bond acceptors (Lipinski definition) is 3. The molecule has 0 atom stereocenters. The van der Waals surface area contributed by atoms with Crippen molar-refractivity contribution in [3.8, 4) is 0 Å². The maximum absolute atomic E-state index is 11.9. The van der Waals surface area contributed by atoms with E-state index in [1.807, 2.05) is 25.9 Å². The molecule has 0 saturated heterocycles. The maximum Gasteiger partial charge on any atom is 0.240 e. The van der Waals surface area contributed by atoms with Crippen LogP contribution in [0.5, 0.6) is 0 Å². The summed E-state index contributed by atoms with van der Waals surface area (Å²) in [4.78, 5) is 2.11. The number of sulfonamides is 1. The smallest absolute Gasteiger partial charge is 0.240 e. The standard InChI is InChI=1S/C11H17ClN2O2S/c1-9-4-5-10(8-11(9)12)17(15,16)13-6-7-14(2)3/h4-5,8,13H,6-7H2,1-3H3. The summed E-state index contributed by atoms with van der Waals surface area (Å²) in [6.45, 7) is 2.86. The van der Waals surface area contributed by atoms with Crippen molar-refractivity contribution >= 4 is 21.6 Å². The van der Waals surface area contributed by atoms with E-state index in [9.17, 15) is 8.42 Å². The van der Waals surface area contributed by atoms with E-state index in [1.54, 1.807) is 12.1 Å². The van der Waals surface area contributed by atoms with Crippen LogP contribution in [0.2, 0.25) is 5.02 Å². The van der Waals surface area contributed by atoms with Gasteiger partial charge in [-0.15, -0.1) is 0 Å². The van der Waals surface area contributed by atoms with E-state index in [1.165, 1.54) is 6.07 Å². The van der Waals surface area contributed by atoms with Gasteiger partial charge in [-0.3, -0.25) is 0 Å². The third kappa shape index (κ3) is 4.27. The normalized spacial score (nSPS) is 12.1. The molecule has 0 bridgehead atoms. The number of halogens is 1. The van der Waals surface area contributed by atoms with Crippen LogP contribution in [0.25, 0.3) is 0 Å². The fourth-order valence-corrected chi connectivity index (χ4v) is 2.52. The molecule has 0 saturated carbocycles. The van der Waals surface area contributed by atoms with Crippen LogP contribution in [0.4, 0.5) is 0 Å². The molecule has 0 spiro atoms. The third-order valence-electron chi connectivity index (χ3n) is 2.30. The van der Waals surface area contributed by atoms with Crippen molar-refractivity contribution in [3.63, 3.8) is 0 Å². The Hall–Kier alpha value is -0.620. The molecule has 0 fully saturated rings. The van der Waals surface area contributed by atoms with Crippen LogP contribution in [0.1, 0.15) is 5.56 Å². The fraction of sp³-hybridized carbons (Fsp3) is 0.455. The predicted octanol–water partition coefficient (Wildman–Crippen LogP) is 1.49. The van der Waals surface area contributed by atoms with Crippen LogP contribution in [0.15, 0.2) is 23.1 Å². The average Bonchev–Trinajstić information content (AvgIpc) is 2.21. The molecule has 1 rings (SSSR count). The van der Waals surface area contributed by atoms with E-state index in [4.69, 9.17) is 11.6 Å². The Morgan fingerprint density at radius 1 is 1.35 bits per heavy atom. The van der Waals surface area contributed by atoms with Crippen LogP contribution < -0.4 is 4.72 Å². The van der Waals surface area contributed by atoms with Crippen molar-refractivity contribution in [3.05, 3.63) is 28.8 Å². The second kappa shape index (κ2) is 5.82. The highest BCUT2D eigenvalue weighted by atomic mass is 35.5. The molecule has 1 N–H and O–H groups in total. The van der Waals surface area contributed by atoms with Gasteiger partial charge in [0, 0.05) is 18.1 Å². The second-order valence-corrected chi connectivity index (χ2v) is 6.29. The molecule has 0 aliphatic rings. The summed E-state index contributed by atoms with van der Waals surface area (Å²) in [5.41, 5.74) is 0.860. The average molecular weight is 277 g/mol. The number of hydrogen-bond donors (Lipinski definition) is 1. The molecule has 4 nitrogen and oxygen atoms in total. The molecule has 0 aromatic heterocycles. The van der Waals surface area contributed by atoms with Crippen molar-refractivity contribution in [2.75, 3.05) is 27.2 Å². The highest BCUT2D eigenvalue weighted by Crippen LogP contribution is 2.19. The van der Waals surface area contributed by atoms with Gasteiger partial charge in [0.15, 0.2) is 0 Å². The minimum absolute atomic E-state index is 0.201. The Labute approximate surface area is 108 Å². The van der Waals surface area contributed by atoms with Gasteiger partial charge in [-0.1, -0.05) is 17.7 Å². The van der Waals surface area contributed by atoms with Crippen molar-refractivity contribution in [1.82, 2.24) is 9.62 Å². The summed E-state index contributed by atoms with van der Waals surface area (Å²) < 4.78 is 26.3. The van der Waals surface area contributed by atoms with Gasteiger partial charge in [-0.25, -0.2) is 13.1 Å². The monoisotopic (exact) mass is 276 g/mol. The molecule has 0 unspecified atom stereocenters. The lowest BCUT2D eigenvalue weighted by Crippen LogP contribution is -2.31. The molecular formula is C11H17ClN2O2S. The van der Waals surface area contributed by atoms with Crippen molar-refractivity contribution in [2.24, 2.45) is 0 Å². The summed E-state index contributed by atoms with van der Waals surface area (Å²) >= 11 is 5.90. The Kier molecular flexibility index (Phi) is 4.94. The zero-order valence-corrected chi connectivity index (χ0v) is 11.8. The van der Waals surface area contributed by atoms with Crippen molar-refractivity contribution in [1.29, 1.82) is 0 Å². The molecule has 96 valence electrons. The molecule has 0 aliphatic heterocycles. The Bertz CT molecular complexity index is 486. The quantitative estimate of drug-likeness (QED) is 0.886. The third-order valence-corrected chi connectivity index (χ3v) is 4.17. The first-order valence-corrected chi connectivity index (χ1v) is 7.09. The molecule has 1 aromatic rings. The molecule has 1 aromatic carbocycles. The van der Waals surface area contributed by atoms with E-state index in [0.29, 0.717) is 18.1 Å². The molecule has 0 heterocycles. The predicted molar refractivity (Wildman–Crippen MR) is 69.9 cm³/mol. The van der Waals surface area contributed by atoms with E-state index < -0.39 is 10.0 Å². The maximum atomic E-state index is 11.9. The molecule has 0 aliphatic carbocycles. The zero-order chi connectivity index (χ0) is 13.1. The van der Waals surface area contributed by atoms with Gasteiger partial charge in [0.05, 0.1) is 4.90 Å². The van der Waals surface area contributed by atoms with Crippen LogP contribution in [0.3, 0.4) is 0 Å². The molecule has 0 radical (unpaired) electrons. The highest BCUT2D eigenvalue weighted by molar-refractivity contribution is 7.89. The van der Waals surface area contributed by atoms with E-state index in [-0.39, 0.29) is 4.90 Å². The largest absolute Gasteiger partial charge is 0.308 e. The SMILES string of the molecule is Cc1ccc(S(=O)(=O)NCCN(C)C)cc1Cl. The molecule has 0 amide bonds. The number of likely N-dealkylation sites (N-methyl/N-ethyl adjacent to an activating group) is 1. The summed E-state index contributed by atoms with van der Waals surface area (Å²) in [5, 5.41) is 0.459. The Morgan fingerprint density at radius 3 is 2.53 bits per heavy atom. The van der Waals surface area contributed by atoms with Crippen LogP contribution in [-0.4, -0.2) is 40.5 Å². The fourth-order valence-electron chi connectivity index (χ4n) is 1.23. The summed E-state index contributed by atoms with van der Waals surface area (Å²) in [6, 6.07) is 4.72. The van der Waals surface area contributed by atoms with Gasteiger partial charge >= 0.3 is 0 Å². The number of benzene rings is 1. The Morgan fingerprint density at radius 2 is 2.00 bits per heavy atom. The van der Waals surface area contributed by atoms with Crippen LogP contribution in [-0.2, 0) is 10.0 Å². The van der Waals surface area contributed by atoms with Crippen LogP contribution in [0, 0.1) is 6.92 Å². The van der Waals surface area contributed by atoms with Gasteiger partial charge < -0.3 is 4.90 Å². The zero-order valence-electron chi connectivity index (χ0n) is 10.2. The topological polar surface area (TPSA) is 49.4 Å². The lowest BCUT2D eigenvalue weighted by atomic mass is 10.2. The summed E-state index contributed by atoms with van der Waals surface area (Å²) in [6.07, 6.45) is 0. The van der Waals surface area contributed by atoms with Gasteiger partial charge in [0.2, 0.25) is 10.0 Å². The number of nitrogens with zero attached hydrogens (tertiary/aromatic N) is 1. The van der Waals surface area contributed by atoms with Gasteiger partial charge in [0.25, 0.3) is 0 Å². The van der Waals surface area contributed by atoms with E-state index >= 15 is 0 Å². The number of rotatable bonds is 5. The van der Waals surface area contributed by atoms with Gasteiger partial charge in [-0.05, 0) is 38.7 Å². The van der Waals surface area contributed by atoms with Gasteiger partial charge in [-0.2, -0.15) is 0 Å². The molecule has 6 heteroatoms. The second-order valence-electron chi connectivity index (χ2n) is 4.11. The van der Waals surface area contributed by atoms with Crippen LogP contribution >= 0.6 is 11.6 Å². The number of aryl methyl sites for hydroxylation is 1. The minimum atomic E-state index is -3.46. The minimum Gasteiger partial charge on any atom is -0.308 e. The summed E-state index contributed by atoms with van der Waals surface area (Å²) in [7, 11) is 0.316. The molecular weight excluding hydrogens is 260 g/mol. The lowest BCUT2D eigenvalue weighted by Gasteiger charge is -2.11.